The van der Waals surface area contributed by atoms with Crippen LogP contribution in [0.15, 0.2) is 24.3 Å². The van der Waals surface area contributed by atoms with E-state index in [1.165, 1.54) is 18.2 Å². The summed E-state index contributed by atoms with van der Waals surface area (Å²) >= 11 is 0. The van der Waals surface area contributed by atoms with E-state index in [4.69, 9.17) is 5.11 Å². The van der Waals surface area contributed by atoms with E-state index in [1.54, 1.807) is 0 Å². The summed E-state index contributed by atoms with van der Waals surface area (Å²) in [5.41, 5.74) is -0.688. The minimum absolute atomic E-state index is 0. The van der Waals surface area contributed by atoms with Crippen LogP contribution < -0.4 is 5.32 Å². The third kappa shape index (κ3) is 3.19. The molecule has 0 unspecified atom stereocenters. The van der Waals surface area contributed by atoms with Crippen LogP contribution in [0.25, 0.3) is 0 Å². The Balaban J connectivity index is 0.00000180. The summed E-state index contributed by atoms with van der Waals surface area (Å²) in [7, 11) is 0. The van der Waals surface area contributed by atoms with Crippen LogP contribution in [0, 0.1) is 5.92 Å². The number of carboxylic acid groups (broad SMARTS) is 1. The normalized spacial score (nSPS) is 22.9. The number of nitrogens with one attached hydrogen (secondary N) is 1. The van der Waals surface area contributed by atoms with Crippen LogP contribution in [-0.2, 0) is 11.0 Å². The van der Waals surface area contributed by atoms with Crippen molar-refractivity contribution in [3.05, 3.63) is 35.4 Å². The molecule has 7 heteroatoms. The van der Waals surface area contributed by atoms with Gasteiger partial charge in [0.25, 0.3) is 0 Å². The first kappa shape index (κ1) is 15.8. The Morgan fingerprint density at radius 3 is 2.47 bits per heavy atom. The quantitative estimate of drug-likeness (QED) is 0.881. The van der Waals surface area contributed by atoms with Crippen molar-refractivity contribution in [1.29, 1.82) is 0 Å². The van der Waals surface area contributed by atoms with Gasteiger partial charge in [0.05, 0.1) is 11.5 Å². The number of alkyl halides is 3. The zero-order valence-electron chi connectivity index (χ0n) is 9.78. The summed E-state index contributed by atoms with van der Waals surface area (Å²) in [6.45, 7) is 0.455. The SMILES string of the molecule is Cl.O=C(O)[C@@H]1CNC[C@@H]1c1ccccc1C(F)(F)F. The molecule has 1 heterocycles. The van der Waals surface area contributed by atoms with E-state index in [9.17, 15) is 18.0 Å². The molecular weight excluding hydrogens is 283 g/mol. The first-order valence-electron chi connectivity index (χ1n) is 5.51. The highest BCUT2D eigenvalue weighted by Gasteiger charge is 2.40. The number of hydrogen-bond donors (Lipinski definition) is 2. The number of benzene rings is 1. The van der Waals surface area contributed by atoms with Crippen molar-refractivity contribution in [3.63, 3.8) is 0 Å². The van der Waals surface area contributed by atoms with Gasteiger partial charge in [-0.15, -0.1) is 12.4 Å². The second kappa shape index (κ2) is 5.79. The van der Waals surface area contributed by atoms with E-state index in [0.717, 1.165) is 6.07 Å². The van der Waals surface area contributed by atoms with Crippen molar-refractivity contribution in [3.8, 4) is 0 Å². The lowest BCUT2D eigenvalue weighted by Gasteiger charge is -2.20. The van der Waals surface area contributed by atoms with Crippen LogP contribution in [-0.4, -0.2) is 24.2 Å². The number of rotatable bonds is 2. The molecule has 0 bridgehead atoms. The number of carboxylic acids is 1. The Labute approximate surface area is 114 Å². The monoisotopic (exact) mass is 295 g/mol. The summed E-state index contributed by atoms with van der Waals surface area (Å²) in [4.78, 5) is 11.0. The molecule has 1 aromatic carbocycles. The van der Waals surface area contributed by atoms with Crippen molar-refractivity contribution in [2.24, 2.45) is 5.92 Å². The lowest BCUT2D eigenvalue weighted by Crippen LogP contribution is -2.23. The van der Waals surface area contributed by atoms with Gasteiger partial charge in [-0.25, -0.2) is 0 Å². The molecule has 1 aliphatic rings. The van der Waals surface area contributed by atoms with Gasteiger partial charge in [-0.1, -0.05) is 18.2 Å². The molecule has 3 nitrogen and oxygen atoms in total. The minimum atomic E-state index is -4.46. The maximum absolute atomic E-state index is 12.9. The van der Waals surface area contributed by atoms with Crippen LogP contribution in [0.3, 0.4) is 0 Å². The summed E-state index contributed by atoms with van der Waals surface area (Å²) in [5, 5.41) is 11.9. The molecule has 1 saturated heterocycles. The minimum Gasteiger partial charge on any atom is -0.481 e. The first-order chi connectivity index (χ1) is 8.41. The highest BCUT2D eigenvalue weighted by atomic mass is 35.5. The van der Waals surface area contributed by atoms with E-state index >= 15 is 0 Å². The predicted octanol–water partition coefficient (Wildman–Crippen LogP) is 2.51. The fourth-order valence-corrected chi connectivity index (χ4v) is 2.34. The molecule has 1 fully saturated rings. The standard InChI is InChI=1S/C12H12F3NO2.ClH/c13-12(14,15)10-4-2-1-3-7(10)8-5-16-6-9(8)11(17)18;/h1-4,8-9,16H,5-6H2,(H,17,18);1H/t8-,9-;/m1./s1. The summed E-state index contributed by atoms with van der Waals surface area (Å²) in [6.07, 6.45) is -4.46. The van der Waals surface area contributed by atoms with Gasteiger partial charge in [0, 0.05) is 19.0 Å². The molecule has 1 aromatic rings. The van der Waals surface area contributed by atoms with Crippen LogP contribution in [0.4, 0.5) is 13.2 Å². The Morgan fingerprint density at radius 1 is 1.26 bits per heavy atom. The van der Waals surface area contributed by atoms with Gasteiger partial charge in [-0.05, 0) is 11.6 Å². The molecule has 19 heavy (non-hydrogen) atoms. The molecule has 0 spiro atoms. The fourth-order valence-electron chi connectivity index (χ4n) is 2.34. The van der Waals surface area contributed by atoms with Crippen LogP contribution in [0.5, 0.6) is 0 Å². The second-order valence-corrected chi connectivity index (χ2v) is 4.29. The molecule has 0 aromatic heterocycles. The molecule has 0 amide bonds. The number of aliphatic carboxylic acids is 1. The van der Waals surface area contributed by atoms with Crippen LogP contribution in [0.1, 0.15) is 17.0 Å². The molecule has 0 saturated carbocycles. The average molecular weight is 296 g/mol. The fraction of sp³-hybridized carbons (Fsp3) is 0.417. The van der Waals surface area contributed by atoms with Crippen molar-refractivity contribution in [1.82, 2.24) is 5.32 Å². The topological polar surface area (TPSA) is 49.3 Å². The molecule has 2 rings (SSSR count). The smallest absolute Gasteiger partial charge is 0.416 e. The highest BCUT2D eigenvalue weighted by Crippen LogP contribution is 2.38. The predicted molar refractivity (Wildman–Crippen MR) is 65.4 cm³/mol. The molecule has 0 radical (unpaired) electrons. The molecule has 106 valence electrons. The van der Waals surface area contributed by atoms with Gasteiger partial charge in [0.2, 0.25) is 0 Å². The van der Waals surface area contributed by atoms with Gasteiger partial charge in [-0.2, -0.15) is 13.2 Å². The lowest BCUT2D eigenvalue weighted by molar-refractivity contribution is -0.143. The van der Waals surface area contributed by atoms with Crippen molar-refractivity contribution >= 4 is 18.4 Å². The number of carbonyl (C=O) groups is 1. The van der Waals surface area contributed by atoms with Gasteiger partial charge >= 0.3 is 12.1 Å². The zero-order valence-corrected chi connectivity index (χ0v) is 10.6. The highest BCUT2D eigenvalue weighted by molar-refractivity contribution is 5.85. The number of halogens is 4. The van der Waals surface area contributed by atoms with Gasteiger partial charge in [0.15, 0.2) is 0 Å². The van der Waals surface area contributed by atoms with Crippen molar-refractivity contribution in [2.45, 2.75) is 12.1 Å². The lowest BCUT2D eigenvalue weighted by atomic mass is 9.86. The largest absolute Gasteiger partial charge is 0.481 e. The third-order valence-electron chi connectivity index (χ3n) is 3.20. The van der Waals surface area contributed by atoms with E-state index in [0.29, 0.717) is 0 Å². The van der Waals surface area contributed by atoms with Gasteiger partial charge in [-0.3, -0.25) is 4.79 Å². The summed E-state index contributed by atoms with van der Waals surface area (Å²) in [5.74, 6) is -2.52. The van der Waals surface area contributed by atoms with Gasteiger partial charge in [0.1, 0.15) is 0 Å². The Kier molecular flexibility index (Phi) is 4.81. The maximum Gasteiger partial charge on any atom is 0.416 e. The Bertz CT molecular complexity index is 465. The van der Waals surface area contributed by atoms with Crippen molar-refractivity contribution < 1.29 is 23.1 Å². The first-order valence-corrected chi connectivity index (χ1v) is 5.51. The van der Waals surface area contributed by atoms with E-state index in [1.807, 2.05) is 0 Å². The third-order valence-corrected chi connectivity index (χ3v) is 3.20. The van der Waals surface area contributed by atoms with E-state index in [-0.39, 0.29) is 31.1 Å². The molecular formula is C12H13ClF3NO2. The molecule has 1 aliphatic heterocycles. The maximum atomic E-state index is 12.9. The van der Waals surface area contributed by atoms with Crippen molar-refractivity contribution in [2.75, 3.05) is 13.1 Å². The Hall–Kier alpha value is -1.27. The molecule has 0 aliphatic carbocycles. The van der Waals surface area contributed by atoms with E-state index in [2.05, 4.69) is 5.32 Å². The number of hydrogen-bond acceptors (Lipinski definition) is 2. The second-order valence-electron chi connectivity index (χ2n) is 4.29. The summed E-state index contributed by atoms with van der Waals surface area (Å²) < 4.78 is 38.6. The summed E-state index contributed by atoms with van der Waals surface area (Å²) in [6, 6.07) is 5.16. The molecule has 2 atom stereocenters. The zero-order chi connectivity index (χ0) is 13.3. The Morgan fingerprint density at radius 2 is 1.89 bits per heavy atom. The van der Waals surface area contributed by atoms with Crippen LogP contribution >= 0.6 is 12.4 Å². The average Bonchev–Trinajstić information content (AvgIpc) is 2.76. The molecule has 2 N–H and O–H groups in total. The van der Waals surface area contributed by atoms with E-state index < -0.39 is 29.5 Å². The van der Waals surface area contributed by atoms with Gasteiger partial charge < -0.3 is 10.4 Å². The van der Waals surface area contributed by atoms with Crippen LogP contribution in [0.2, 0.25) is 0 Å².